The highest BCUT2D eigenvalue weighted by Crippen LogP contribution is 2.29. The van der Waals surface area contributed by atoms with Gasteiger partial charge in [-0.1, -0.05) is 67.1 Å². The molecule has 0 N–H and O–H groups in total. The van der Waals surface area contributed by atoms with Crippen LogP contribution in [0, 0.1) is 0 Å². The minimum atomic E-state index is -1.08. The first-order chi connectivity index (χ1) is 12.2. The Morgan fingerprint density at radius 2 is 2.08 bits per heavy atom. The maximum Gasteiger partial charge on any atom is 0.183 e. The quantitative estimate of drug-likeness (QED) is 0.447. The Morgan fingerprint density at radius 3 is 2.80 bits per heavy atom. The van der Waals surface area contributed by atoms with E-state index in [0.29, 0.717) is 29.2 Å². The van der Waals surface area contributed by atoms with Gasteiger partial charge in [-0.25, -0.2) is 14.6 Å². The largest absolute Gasteiger partial charge is 0.549 e. The normalized spacial score (nSPS) is 12.4. The summed E-state index contributed by atoms with van der Waals surface area (Å²) in [6.07, 6.45) is 3.70. The summed E-state index contributed by atoms with van der Waals surface area (Å²) in [5.41, 5.74) is 2.19. The van der Waals surface area contributed by atoms with Crippen LogP contribution in [0.25, 0.3) is 11.2 Å². The molecule has 1 atom stereocenters. The van der Waals surface area contributed by atoms with Crippen molar-refractivity contribution in [3.63, 3.8) is 0 Å². The molecule has 0 saturated heterocycles. The Kier molecular flexibility index (Phi) is 5.60. The lowest BCUT2D eigenvalue weighted by Crippen LogP contribution is -2.33. The van der Waals surface area contributed by atoms with Crippen molar-refractivity contribution in [3.05, 3.63) is 42.2 Å². The van der Waals surface area contributed by atoms with Gasteiger partial charge in [0.05, 0.1) is 17.8 Å². The van der Waals surface area contributed by atoms with E-state index in [-0.39, 0.29) is 0 Å². The molecule has 0 aliphatic rings. The molecule has 8 heteroatoms. The third-order valence-corrected chi connectivity index (χ3v) is 5.01. The molecule has 0 saturated carbocycles. The lowest BCUT2D eigenvalue weighted by atomic mass is 10.2. The number of rotatable bonds is 8. The number of fused-ring (bicyclic) bond motifs is 1. The van der Waals surface area contributed by atoms with Crippen LogP contribution < -0.4 is 5.11 Å². The van der Waals surface area contributed by atoms with Crippen LogP contribution in [-0.2, 0) is 11.3 Å². The highest BCUT2D eigenvalue weighted by molar-refractivity contribution is 8.00. The Bertz CT molecular complexity index is 853. The molecule has 1 aromatic carbocycles. The van der Waals surface area contributed by atoms with Crippen molar-refractivity contribution < 1.29 is 9.90 Å². The summed E-state index contributed by atoms with van der Waals surface area (Å²) in [6, 6.07) is 9.88. The number of aromatic nitrogens is 5. The number of carboxylic acids is 1. The lowest BCUT2D eigenvalue weighted by molar-refractivity contribution is -0.304. The minimum absolute atomic E-state index is 0.520. The SMILES string of the molecule is CCCC[C@H](Sc1ncnc2c1nnn2Cc1ccccc1)C(=O)[O-]. The van der Waals surface area contributed by atoms with E-state index in [1.807, 2.05) is 37.3 Å². The van der Waals surface area contributed by atoms with Gasteiger partial charge in [0.1, 0.15) is 11.4 Å². The molecule has 0 amide bonds. The first-order valence-corrected chi connectivity index (χ1v) is 9.02. The molecule has 3 aromatic rings. The Morgan fingerprint density at radius 1 is 1.28 bits per heavy atom. The average Bonchev–Trinajstić information content (AvgIpc) is 3.03. The highest BCUT2D eigenvalue weighted by atomic mass is 32.2. The average molecular weight is 356 g/mol. The fourth-order valence-electron chi connectivity index (χ4n) is 2.47. The topological polar surface area (TPSA) is 96.6 Å². The summed E-state index contributed by atoms with van der Waals surface area (Å²) in [5.74, 6) is -1.08. The second kappa shape index (κ2) is 8.06. The second-order valence-corrected chi connectivity index (χ2v) is 6.84. The van der Waals surface area contributed by atoms with E-state index in [9.17, 15) is 9.90 Å². The van der Waals surface area contributed by atoms with Gasteiger partial charge in [-0.2, -0.15) is 0 Å². The fraction of sp³-hybridized carbons (Fsp3) is 0.353. The number of thioether (sulfide) groups is 1. The fourth-order valence-corrected chi connectivity index (χ4v) is 3.47. The number of nitrogens with zero attached hydrogens (tertiary/aromatic N) is 5. The first-order valence-electron chi connectivity index (χ1n) is 8.14. The van der Waals surface area contributed by atoms with Crippen LogP contribution in [0.4, 0.5) is 0 Å². The van der Waals surface area contributed by atoms with Crippen molar-refractivity contribution in [2.24, 2.45) is 0 Å². The zero-order chi connectivity index (χ0) is 17.6. The van der Waals surface area contributed by atoms with Gasteiger partial charge >= 0.3 is 0 Å². The zero-order valence-electron chi connectivity index (χ0n) is 13.8. The second-order valence-electron chi connectivity index (χ2n) is 5.65. The number of carbonyl (C=O) groups is 1. The third kappa shape index (κ3) is 4.14. The molecule has 130 valence electrons. The highest BCUT2D eigenvalue weighted by Gasteiger charge is 2.18. The van der Waals surface area contributed by atoms with Gasteiger partial charge in [-0.3, -0.25) is 0 Å². The van der Waals surface area contributed by atoms with Gasteiger partial charge in [0.15, 0.2) is 11.2 Å². The molecule has 2 heterocycles. The molecule has 0 fully saturated rings. The van der Waals surface area contributed by atoms with Gasteiger partial charge < -0.3 is 9.90 Å². The van der Waals surface area contributed by atoms with E-state index >= 15 is 0 Å². The molecule has 0 unspecified atom stereocenters. The van der Waals surface area contributed by atoms with Gasteiger partial charge in [-0.15, -0.1) is 5.10 Å². The van der Waals surface area contributed by atoms with Crippen molar-refractivity contribution in [3.8, 4) is 0 Å². The number of carbonyl (C=O) groups excluding carboxylic acids is 1. The Labute approximate surface area is 149 Å². The molecule has 0 aliphatic carbocycles. The smallest absolute Gasteiger partial charge is 0.183 e. The van der Waals surface area contributed by atoms with Gasteiger partial charge in [0, 0.05) is 0 Å². The number of aliphatic carboxylic acids is 1. The number of hydrogen-bond acceptors (Lipinski definition) is 7. The molecule has 2 aromatic heterocycles. The molecule has 25 heavy (non-hydrogen) atoms. The zero-order valence-corrected chi connectivity index (χ0v) is 14.6. The summed E-state index contributed by atoms with van der Waals surface area (Å²) >= 11 is 1.16. The summed E-state index contributed by atoms with van der Waals surface area (Å²) in [7, 11) is 0. The lowest BCUT2D eigenvalue weighted by Gasteiger charge is -2.16. The molecule has 0 aliphatic heterocycles. The van der Waals surface area contributed by atoms with Crippen LogP contribution in [0.15, 0.2) is 41.7 Å². The third-order valence-electron chi connectivity index (χ3n) is 3.78. The number of unbranched alkanes of at least 4 members (excludes halogenated alkanes) is 1. The van der Waals surface area contributed by atoms with Crippen molar-refractivity contribution in [2.45, 2.75) is 43.0 Å². The minimum Gasteiger partial charge on any atom is -0.549 e. The summed E-state index contributed by atoms with van der Waals surface area (Å²) in [5, 5.41) is 19.6. The van der Waals surface area contributed by atoms with E-state index in [1.165, 1.54) is 6.33 Å². The van der Waals surface area contributed by atoms with Crippen LogP contribution in [0.1, 0.15) is 31.7 Å². The monoisotopic (exact) mass is 356 g/mol. The molecule has 3 rings (SSSR count). The summed E-state index contributed by atoms with van der Waals surface area (Å²) < 4.78 is 1.69. The molecule has 7 nitrogen and oxygen atoms in total. The van der Waals surface area contributed by atoms with Crippen LogP contribution in [-0.4, -0.2) is 36.2 Å². The van der Waals surface area contributed by atoms with Crippen molar-refractivity contribution >= 4 is 28.9 Å². The Hall–Kier alpha value is -2.48. The number of carboxylic acid groups (broad SMARTS) is 1. The van der Waals surface area contributed by atoms with E-state index in [4.69, 9.17) is 0 Å². The molecule has 0 radical (unpaired) electrons. The van der Waals surface area contributed by atoms with E-state index in [1.54, 1.807) is 4.68 Å². The van der Waals surface area contributed by atoms with Crippen LogP contribution >= 0.6 is 11.8 Å². The van der Waals surface area contributed by atoms with Crippen LogP contribution in [0.3, 0.4) is 0 Å². The van der Waals surface area contributed by atoms with Crippen LogP contribution in [0.2, 0.25) is 0 Å². The maximum absolute atomic E-state index is 11.4. The van der Waals surface area contributed by atoms with Crippen LogP contribution in [0.5, 0.6) is 0 Å². The Balaban J connectivity index is 1.86. The first kappa shape index (κ1) is 17.3. The molecule has 0 bridgehead atoms. The standard InChI is InChI=1S/C17H19N5O2S/c1-2-3-9-13(17(23)24)25-16-14-15(18-11-19-16)22(21-20-14)10-12-7-5-4-6-8-12/h4-8,11,13H,2-3,9-10H2,1H3,(H,23,24)/p-1/t13-/m0/s1. The van der Waals surface area contributed by atoms with Gasteiger partial charge in [0.25, 0.3) is 0 Å². The van der Waals surface area contributed by atoms with Crippen molar-refractivity contribution in [1.82, 2.24) is 25.0 Å². The number of hydrogen-bond donors (Lipinski definition) is 0. The predicted octanol–water partition coefficient (Wildman–Crippen LogP) is 1.67. The summed E-state index contributed by atoms with van der Waals surface area (Å²) in [4.78, 5) is 19.8. The van der Waals surface area contributed by atoms with Crippen molar-refractivity contribution in [2.75, 3.05) is 0 Å². The molecular weight excluding hydrogens is 338 g/mol. The van der Waals surface area contributed by atoms with E-state index in [2.05, 4.69) is 20.3 Å². The summed E-state index contributed by atoms with van der Waals surface area (Å²) in [6.45, 7) is 2.56. The van der Waals surface area contributed by atoms with Crippen molar-refractivity contribution in [1.29, 1.82) is 0 Å². The number of benzene rings is 1. The molecular formula is C17H18N5O2S-. The molecule has 0 spiro atoms. The predicted molar refractivity (Wildman–Crippen MR) is 92.8 cm³/mol. The van der Waals surface area contributed by atoms with Gasteiger partial charge in [0.2, 0.25) is 0 Å². The van der Waals surface area contributed by atoms with E-state index in [0.717, 1.165) is 30.2 Å². The van der Waals surface area contributed by atoms with Gasteiger partial charge in [-0.05, 0) is 12.0 Å². The maximum atomic E-state index is 11.4. The van der Waals surface area contributed by atoms with E-state index < -0.39 is 11.2 Å².